The molecule has 0 radical (unpaired) electrons. The van der Waals surface area contributed by atoms with Crippen molar-refractivity contribution in [2.24, 2.45) is 0 Å². The minimum Gasteiger partial charge on any atom is -0.497 e. The SMILES string of the molecule is COc1cccc(N2CCN(C(=O)c3ccc4c(c3)[nH]c(=S)n3c5ccccc5nc43)CC2)c1. The number of aromatic nitrogens is 3. The highest BCUT2D eigenvalue weighted by molar-refractivity contribution is 7.71. The van der Waals surface area contributed by atoms with E-state index in [1.54, 1.807) is 7.11 Å². The number of hydrogen-bond acceptors (Lipinski definition) is 5. The minimum absolute atomic E-state index is 0.0277. The number of nitrogens with one attached hydrogen (secondary N) is 1. The molecule has 1 saturated heterocycles. The number of para-hydroxylation sites is 2. The highest BCUT2D eigenvalue weighted by Gasteiger charge is 2.23. The molecule has 1 aliphatic heterocycles. The van der Waals surface area contributed by atoms with Crippen molar-refractivity contribution < 1.29 is 9.53 Å². The lowest BCUT2D eigenvalue weighted by molar-refractivity contribution is 0.0747. The summed E-state index contributed by atoms with van der Waals surface area (Å²) in [5, 5.41) is 0.934. The Balaban J connectivity index is 1.27. The van der Waals surface area contributed by atoms with Gasteiger partial charge in [0.25, 0.3) is 5.91 Å². The first kappa shape index (κ1) is 20.7. The summed E-state index contributed by atoms with van der Waals surface area (Å²) in [7, 11) is 1.67. The molecule has 0 unspecified atom stereocenters. The van der Waals surface area contributed by atoms with Crippen LogP contribution in [0.25, 0.3) is 27.6 Å². The van der Waals surface area contributed by atoms with Crippen molar-refractivity contribution in [2.75, 3.05) is 38.2 Å². The number of aromatic amines is 1. The van der Waals surface area contributed by atoms with Crippen molar-refractivity contribution >= 4 is 51.4 Å². The van der Waals surface area contributed by atoms with Crippen LogP contribution in [-0.4, -0.2) is 58.5 Å². The molecule has 8 heteroatoms. The molecule has 0 aliphatic carbocycles. The maximum absolute atomic E-state index is 13.3. The topological polar surface area (TPSA) is 65.9 Å². The zero-order chi connectivity index (χ0) is 23.2. The largest absolute Gasteiger partial charge is 0.497 e. The van der Waals surface area contributed by atoms with E-state index in [1.807, 2.05) is 70.0 Å². The lowest BCUT2D eigenvalue weighted by atomic mass is 10.1. The number of amides is 1. The van der Waals surface area contributed by atoms with Gasteiger partial charge in [-0.1, -0.05) is 18.2 Å². The van der Waals surface area contributed by atoms with E-state index in [1.165, 1.54) is 0 Å². The van der Waals surface area contributed by atoms with Gasteiger partial charge in [-0.25, -0.2) is 4.98 Å². The summed E-state index contributed by atoms with van der Waals surface area (Å²) in [5.41, 5.74) is 5.23. The molecular weight excluding hydrogens is 446 g/mol. The summed E-state index contributed by atoms with van der Waals surface area (Å²) in [6, 6.07) is 21.7. The lowest BCUT2D eigenvalue weighted by Gasteiger charge is -2.36. The molecule has 1 aliphatic rings. The summed E-state index contributed by atoms with van der Waals surface area (Å²) in [5.74, 6) is 0.865. The smallest absolute Gasteiger partial charge is 0.254 e. The van der Waals surface area contributed by atoms with Gasteiger partial charge in [0.15, 0.2) is 4.77 Å². The van der Waals surface area contributed by atoms with Crippen LogP contribution in [0.2, 0.25) is 0 Å². The molecule has 1 amide bonds. The van der Waals surface area contributed by atoms with Crippen molar-refractivity contribution in [1.29, 1.82) is 0 Å². The number of nitrogens with zero attached hydrogens (tertiary/aromatic N) is 4. The summed E-state index contributed by atoms with van der Waals surface area (Å²) in [6.45, 7) is 2.87. The molecule has 0 saturated carbocycles. The van der Waals surface area contributed by atoms with Crippen LogP contribution in [0.1, 0.15) is 10.4 Å². The van der Waals surface area contributed by atoms with Gasteiger partial charge in [-0.3, -0.25) is 9.20 Å². The van der Waals surface area contributed by atoms with E-state index in [4.69, 9.17) is 21.9 Å². The monoisotopic (exact) mass is 469 g/mol. The number of imidazole rings is 1. The maximum atomic E-state index is 13.3. The molecule has 7 nitrogen and oxygen atoms in total. The van der Waals surface area contributed by atoms with Crippen molar-refractivity contribution in [2.45, 2.75) is 0 Å². The van der Waals surface area contributed by atoms with Crippen LogP contribution in [0.4, 0.5) is 5.69 Å². The number of methoxy groups -OCH3 is 1. The molecule has 5 aromatic rings. The zero-order valence-electron chi connectivity index (χ0n) is 18.7. The van der Waals surface area contributed by atoms with Gasteiger partial charge in [-0.15, -0.1) is 0 Å². The molecule has 1 fully saturated rings. The number of fused-ring (bicyclic) bond motifs is 5. The second kappa shape index (κ2) is 8.14. The number of anilines is 1. The van der Waals surface area contributed by atoms with Crippen LogP contribution in [-0.2, 0) is 0 Å². The van der Waals surface area contributed by atoms with Crippen molar-refractivity contribution in [3.63, 3.8) is 0 Å². The normalized spacial score (nSPS) is 14.3. The van der Waals surface area contributed by atoms with Gasteiger partial charge in [0.1, 0.15) is 11.4 Å². The van der Waals surface area contributed by atoms with E-state index in [9.17, 15) is 4.79 Å². The van der Waals surface area contributed by atoms with Crippen LogP contribution >= 0.6 is 12.2 Å². The molecule has 1 N–H and O–H groups in total. The number of carbonyl (C=O) groups excluding carboxylic acids is 1. The molecule has 0 atom stereocenters. The van der Waals surface area contributed by atoms with E-state index in [0.29, 0.717) is 23.4 Å². The molecule has 6 rings (SSSR count). The summed E-state index contributed by atoms with van der Waals surface area (Å²) >= 11 is 5.63. The highest BCUT2D eigenvalue weighted by Crippen LogP contribution is 2.26. The van der Waals surface area contributed by atoms with E-state index < -0.39 is 0 Å². The van der Waals surface area contributed by atoms with Gasteiger partial charge in [0.05, 0.1) is 23.7 Å². The Hall–Kier alpha value is -3.91. The second-order valence-corrected chi connectivity index (χ2v) is 8.82. The fourth-order valence-electron chi connectivity index (χ4n) is 4.72. The number of benzene rings is 3. The van der Waals surface area contributed by atoms with Crippen molar-refractivity contribution in [3.05, 3.63) is 77.1 Å². The Bertz CT molecular complexity index is 1610. The Morgan fingerprint density at radius 2 is 1.82 bits per heavy atom. The third-order valence-electron chi connectivity index (χ3n) is 6.50. The van der Waals surface area contributed by atoms with Crippen molar-refractivity contribution in [3.8, 4) is 5.75 Å². The zero-order valence-corrected chi connectivity index (χ0v) is 19.5. The average molecular weight is 470 g/mol. The molecule has 0 spiro atoms. The predicted molar refractivity (Wildman–Crippen MR) is 136 cm³/mol. The van der Waals surface area contributed by atoms with Gasteiger partial charge >= 0.3 is 0 Å². The average Bonchev–Trinajstić information content (AvgIpc) is 3.29. The van der Waals surface area contributed by atoms with Crippen LogP contribution in [0.3, 0.4) is 0 Å². The first-order valence-corrected chi connectivity index (χ1v) is 11.6. The van der Waals surface area contributed by atoms with Crippen LogP contribution in [0.15, 0.2) is 66.7 Å². The Kier molecular flexibility index (Phi) is 4.95. The third-order valence-corrected chi connectivity index (χ3v) is 6.78. The van der Waals surface area contributed by atoms with Gasteiger partial charge in [-0.2, -0.15) is 0 Å². The number of H-pyrrole nitrogens is 1. The minimum atomic E-state index is 0.0277. The standard InChI is InChI=1S/C26H23N5O2S/c1-33-19-6-4-5-18(16-19)29-11-13-30(14-12-29)25(32)17-9-10-20-22(15-17)28-26(34)31-23-8-3-2-7-21(23)27-24(20)31/h2-10,15-16H,11-14H2,1H3,(H,28,34). The van der Waals surface area contributed by atoms with E-state index in [0.717, 1.165) is 52.1 Å². The van der Waals surface area contributed by atoms with Crippen LogP contribution in [0.5, 0.6) is 5.75 Å². The molecule has 3 heterocycles. The highest BCUT2D eigenvalue weighted by atomic mass is 32.1. The van der Waals surface area contributed by atoms with Gasteiger partial charge in [-0.05, 0) is 54.7 Å². The lowest BCUT2D eigenvalue weighted by Crippen LogP contribution is -2.48. The predicted octanol–water partition coefficient (Wildman–Crippen LogP) is 4.67. The van der Waals surface area contributed by atoms with E-state index in [-0.39, 0.29) is 5.91 Å². The van der Waals surface area contributed by atoms with Gasteiger partial charge < -0.3 is 19.5 Å². The molecule has 34 heavy (non-hydrogen) atoms. The Labute approximate surface area is 201 Å². The third kappa shape index (κ3) is 3.38. The fraction of sp³-hybridized carbons (Fsp3) is 0.192. The molecule has 170 valence electrons. The van der Waals surface area contributed by atoms with E-state index in [2.05, 4.69) is 16.0 Å². The molecule has 3 aromatic carbocycles. The van der Waals surface area contributed by atoms with Crippen LogP contribution in [0, 0.1) is 4.77 Å². The fourth-order valence-corrected chi connectivity index (χ4v) is 5.01. The first-order chi connectivity index (χ1) is 16.6. The number of piperazine rings is 1. The van der Waals surface area contributed by atoms with E-state index >= 15 is 0 Å². The number of ether oxygens (including phenoxy) is 1. The summed E-state index contributed by atoms with van der Waals surface area (Å²) < 4.78 is 7.86. The number of rotatable bonds is 3. The Morgan fingerprint density at radius 3 is 2.65 bits per heavy atom. The molecular formula is C26H23N5O2S. The van der Waals surface area contributed by atoms with Crippen LogP contribution < -0.4 is 9.64 Å². The summed E-state index contributed by atoms with van der Waals surface area (Å²) in [4.78, 5) is 25.6. The quantitative estimate of drug-likeness (QED) is 0.389. The number of carbonyl (C=O) groups is 1. The van der Waals surface area contributed by atoms with Gasteiger partial charge in [0, 0.05) is 48.9 Å². The molecule has 0 bridgehead atoms. The maximum Gasteiger partial charge on any atom is 0.254 e. The molecule has 2 aromatic heterocycles. The second-order valence-electron chi connectivity index (χ2n) is 8.43. The first-order valence-electron chi connectivity index (χ1n) is 11.2. The van der Waals surface area contributed by atoms with Crippen molar-refractivity contribution in [1.82, 2.24) is 19.3 Å². The number of hydrogen-bond donors (Lipinski definition) is 1. The Morgan fingerprint density at radius 1 is 1.00 bits per heavy atom. The summed E-state index contributed by atoms with van der Waals surface area (Å²) in [6.07, 6.45) is 0. The van der Waals surface area contributed by atoms with Gasteiger partial charge in [0.2, 0.25) is 0 Å².